The molecule has 110 valence electrons. The van der Waals surface area contributed by atoms with Crippen molar-refractivity contribution < 1.29 is 9.53 Å². The first-order chi connectivity index (χ1) is 8.84. The van der Waals surface area contributed by atoms with Gasteiger partial charge in [0.2, 0.25) is 5.91 Å². The Labute approximate surface area is 117 Å². The van der Waals surface area contributed by atoms with Crippen molar-refractivity contribution in [2.75, 3.05) is 46.4 Å². The molecule has 0 aromatic rings. The van der Waals surface area contributed by atoms with E-state index in [-0.39, 0.29) is 5.91 Å². The number of carbonyl (C=O) groups excluding carboxylic acids is 1. The first-order valence-electron chi connectivity index (χ1n) is 7.33. The molecule has 4 nitrogen and oxygen atoms in total. The molecule has 0 N–H and O–H groups in total. The van der Waals surface area contributed by atoms with Crippen molar-refractivity contribution in [3.05, 3.63) is 0 Å². The Kier molecular flexibility index (Phi) is 4.21. The molecule has 0 aromatic carbocycles. The van der Waals surface area contributed by atoms with Crippen LogP contribution in [-0.4, -0.2) is 62.1 Å². The smallest absolute Gasteiger partial charge is 0.224 e. The Balaban J connectivity index is 1.76. The second kappa shape index (κ2) is 5.41. The van der Waals surface area contributed by atoms with Gasteiger partial charge in [0.05, 0.1) is 13.0 Å². The van der Waals surface area contributed by atoms with E-state index in [1.807, 2.05) is 4.90 Å². The Morgan fingerprint density at radius 3 is 2.53 bits per heavy atom. The van der Waals surface area contributed by atoms with E-state index in [9.17, 15) is 4.79 Å². The molecule has 19 heavy (non-hydrogen) atoms. The number of rotatable bonds is 4. The summed E-state index contributed by atoms with van der Waals surface area (Å²) in [5.74, 6) is 0.257. The zero-order valence-corrected chi connectivity index (χ0v) is 12.9. The molecule has 2 saturated heterocycles. The second-order valence-electron chi connectivity index (χ2n) is 7.51. The van der Waals surface area contributed by atoms with E-state index in [0.717, 1.165) is 19.6 Å². The summed E-state index contributed by atoms with van der Waals surface area (Å²) in [6.45, 7) is 12.8. The number of nitrogens with zero attached hydrogens (tertiary/aromatic N) is 2. The third-order valence-electron chi connectivity index (χ3n) is 4.13. The molecule has 2 aliphatic rings. The molecule has 0 bridgehead atoms. The molecule has 2 aliphatic heterocycles. The normalized spacial score (nSPS) is 22.8. The lowest BCUT2D eigenvalue weighted by Crippen LogP contribution is -2.59. The van der Waals surface area contributed by atoms with Crippen LogP contribution in [0.25, 0.3) is 0 Å². The highest BCUT2D eigenvalue weighted by Gasteiger charge is 2.48. The monoisotopic (exact) mass is 268 g/mol. The van der Waals surface area contributed by atoms with Gasteiger partial charge in [-0.2, -0.15) is 0 Å². The Morgan fingerprint density at radius 2 is 1.95 bits per heavy atom. The van der Waals surface area contributed by atoms with Gasteiger partial charge < -0.3 is 14.5 Å². The van der Waals surface area contributed by atoms with Crippen molar-refractivity contribution >= 4 is 5.91 Å². The number of hydrogen-bond donors (Lipinski definition) is 0. The Morgan fingerprint density at radius 1 is 1.26 bits per heavy atom. The molecule has 0 aliphatic carbocycles. The van der Waals surface area contributed by atoms with Crippen LogP contribution in [0.4, 0.5) is 0 Å². The maximum absolute atomic E-state index is 12.0. The number of hydrogen-bond acceptors (Lipinski definition) is 3. The molecule has 2 rings (SSSR count). The Bertz CT molecular complexity index is 330. The van der Waals surface area contributed by atoms with Crippen LogP contribution in [0.15, 0.2) is 0 Å². The van der Waals surface area contributed by atoms with E-state index in [1.165, 1.54) is 19.5 Å². The van der Waals surface area contributed by atoms with Gasteiger partial charge in [-0.15, -0.1) is 0 Å². The quantitative estimate of drug-likeness (QED) is 0.776. The number of ether oxygens (including phenoxy) is 1. The average molecular weight is 268 g/mol. The van der Waals surface area contributed by atoms with Crippen LogP contribution in [0.1, 0.15) is 33.6 Å². The second-order valence-corrected chi connectivity index (χ2v) is 7.51. The highest BCUT2D eigenvalue weighted by atomic mass is 16.5. The summed E-state index contributed by atoms with van der Waals surface area (Å²) in [7, 11) is 1.65. The van der Waals surface area contributed by atoms with Crippen LogP contribution in [0.5, 0.6) is 0 Å². The minimum absolute atomic E-state index is 0.257. The summed E-state index contributed by atoms with van der Waals surface area (Å²) < 4.78 is 4.98. The van der Waals surface area contributed by atoms with E-state index in [4.69, 9.17) is 4.74 Å². The predicted molar refractivity (Wildman–Crippen MR) is 76.0 cm³/mol. The largest absolute Gasteiger partial charge is 0.384 e. The highest BCUT2D eigenvalue weighted by molar-refractivity contribution is 5.76. The maximum Gasteiger partial charge on any atom is 0.224 e. The minimum atomic E-state index is 0.257. The van der Waals surface area contributed by atoms with E-state index >= 15 is 0 Å². The molecule has 0 radical (unpaired) electrons. The minimum Gasteiger partial charge on any atom is -0.384 e. The lowest BCUT2D eigenvalue weighted by atomic mass is 9.77. The third kappa shape index (κ3) is 3.69. The van der Waals surface area contributed by atoms with Crippen LogP contribution in [0.3, 0.4) is 0 Å². The first-order valence-corrected chi connectivity index (χ1v) is 7.33. The van der Waals surface area contributed by atoms with Crippen LogP contribution >= 0.6 is 0 Å². The Hall–Kier alpha value is -0.610. The van der Waals surface area contributed by atoms with Crippen LogP contribution < -0.4 is 0 Å². The van der Waals surface area contributed by atoms with Gasteiger partial charge in [-0.25, -0.2) is 0 Å². The SMILES string of the molecule is COCCC(=O)N1CCC2(CN(CC(C)(C)C)C2)C1. The molecule has 1 spiro atoms. The fraction of sp³-hybridized carbons (Fsp3) is 0.933. The van der Waals surface area contributed by atoms with Gasteiger partial charge in [-0.05, 0) is 11.8 Å². The van der Waals surface area contributed by atoms with Crippen molar-refractivity contribution in [1.29, 1.82) is 0 Å². The topological polar surface area (TPSA) is 32.8 Å². The maximum atomic E-state index is 12.0. The summed E-state index contributed by atoms with van der Waals surface area (Å²) in [5, 5.41) is 0. The molecule has 1 amide bonds. The van der Waals surface area contributed by atoms with Gasteiger partial charge >= 0.3 is 0 Å². The van der Waals surface area contributed by atoms with Crippen molar-refractivity contribution in [3.63, 3.8) is 0 Å². The van der Waals surface area contributed by atoms with Crippen molar-refractivity contribution in [3.8, 4) is 0 Å². The third-order valence-corrected chi connectivity index (χ3v) is 4.13. The summed E-state index contributed by atoms with van der Waals surface area (Å²) in [6, 6.07) is 0. The molecular formula is C15H28N2O2. The zero-order chi connectivity index (χ0) is 14.1. The molecule has 0 aromatic heterocycles. The molecule has 4 heteroatoms. The summed E-state index contributed by atoms with van der Waals surface area (Å²) in [6.07, 6.45) is 1.70. The van der Waals surface area contributed by atoms with Crippen LogP contribution in [-0.2, 0) is 9.53 Å². The summed E-state index contributed by atoms with van der Waals surface area (Å²) in [5.41, 5.74) is 0.766. The lowest BCUT2D eigenvalue weighted by Gasteiger charge is -2.50. The number of amides is 1. The first kappa shape index (κ1) is 14.8. The van der Waals surface area contributed by atoms with Gasteiger partial charge in [0.1, 0.15) is 0 Å². The van der Waals surface area contributed by atoms with Crippen molar-refractivity contribution in [1.82, 2.24) is 9.80 Å². The molecule has 2 heterocycles. The standard InChI is InChI=1S/C15H28N2O2/c1-14(2,3)9-16-10-15(11-16)6-7-17(12-15)13(18)5-8-19-4/h5-12H2,1-4H3. The molecule has 0 atom stereocenters. The van der Waals surface area contributed by atoms with E-state index < -0.39 is 0 Å². The number of carbonyl (C=O) groups is 1. The zero-order valence-electron chi connectivity index (χ0n) is 12.9. The highest BCUT2D eigenvalue weighted by Crippen LogP contribution is 2.40. The van der Waals surface area contributed by atoms with Gasteiger partial charge in [0.25, 0.3) is 0 Å². The number of methoxy groups -OCH3 is 1. The van der Waals surface area contributed by atoms with Crippen molar-refractivity contribution in [2.24, 2.45) is 10.8 Å². The van der Waals surface area contributed by atoms with E-state index in [2.05, 4.69) is 25.7 Å². The molecule has 0 saturated carbocycles. The fourth-order valence-electron chi connectivity index (χ4n) is 3.44. The summed E-state index contributed by atoms with van der Waals surface area (Å²) >= 11 is 0. The molecule has 0 unspecified atom stereocenters. The van der Waals surface area contributed by atoms with Crippen LogP contribution in [0, 0.1) is 10.8 Å². The van der Waals surface area contributed by atoms with E-state index in [0.29, 0.717) is 23.9 Å². The average Bonchev–Trinajstić information content (AvgIpc) is 2.68. The predicted octanol–water partition coefficient (Wildman–Crippen LogP) is 1.60. The van der Waals surface area contributed by atoms with Crippen molar-refractivity contribution in [2.45, 2.75) is 33.6 Å². The molecular weight excluding hydrogens is 240 g/mol. The fourth-order valence-corrected chi connectivity index (χ4v) is 3.44. The van der Waals surface area contributed by atoms with Gasteiger partial charge in [-0.1, -0.05) is 20.8 Å². The van der Waals surface area contributed by atoms with E-state index in [1.54, 1.807) is 7.11 Å². The van der Waals surface area contributed by atoms with Gasteiger partial charge in [0.15, 0.2) is 0 Å². The van der Waals surface area contributed by atoms with Crippen LogP contribution in [0.2, 0.25) is 0 Å². The molecule has 2 fully saturated rings. The number of likely N-dealkylation sites (tertiary alicyclic amines) is 2. The lowest BCUT2D eigenvalue weighted by molar-refractivity contribution is -0.132. The van der Waals surface area contributed by atoms with Gasteiger partial charge in [0, 0.05) is 45.2 Å². The van der Waals surface area contributed by atoms with Gasteiger partial charge in [-0.3, -0.25) is 4.79 Å². The summed E-state index contributed by atoms with van der Waals surface area (Å²) in [4.78, 5) is 16.5.